The second kappa shape index (κ2) is 5.36. The molecule has 1 fully saturated rings. The van der Waals surface area contributed by atoms with Crippen molar-refractivity contribution < 1.29 is 9.47 Å². The van der Waals surface area contributed by atoms with E-state index < -0.39 is 0 Å². The van der Waals surface area contributed by atoms with E-state index in [1.807, 2.05) is 6.92 Å². The van der Waals surface area contributed by atoms with E-state index in [1.165, 1.54) is 12.8 Å². The minimum atomic E-state index is -0.220. The van der Waals surface area contributed by atoms with Gasteiger partial charge >= 0.3 is 0 Å². The van der Waals surface area contributed by atoms with Crippen LogP contribution < -0.4 is 5.73 Å². The first-order valence-corrected chi connectivity index (χ1v) is 5.81. The van der Waals surface area contributed by atoms with E-state index >= 15 is 0 Å². The molecule has 0 aromatic carbocycles. The van der Waals surface area contributed by atoms with Crippen molar-refractivity contribution in [3.8, 4) is 0 Å². The minimum absolute atomic E-state index is 0.0430. The average Bonchev–Trinajstić information content (AvgIpc) is 2.80. The van der Waals surface area contributed by atoms with Crippen molar-refractivity contribution in [2.75, 3.05) is 11.2 Å². The summed E-state index contributed by atoms with van der Waals surface area (Å²) in [6.07, 6.45) is 2.38. The topological polar surface area (TPSA) is 44.5 Å². The highest BCUT2D eigenvalue weighted by atomic mass is 127. The van der Waals surface area contributed by atoms with Crippen molar-refractivity contribution in [3.63, 3.8) is 0 Å². The molecule has 0 radical (unpaired) electrons. The smallest absolute Gasteiger partial charge is 0.173 e. The molecule has 0 bridgehead atoms. The quantitative estimate of drug-likeness (QED) is 0.457. The fourth-order valence-electron chi connectivity index (χ4n) is 0.929. The lowest BCUT2D eigenvalue weighted by Crippen LogP contribution is -2.36. The molecular formula is C8H16INO2. The maximum Gasteiger partial charge on any atom is 0.173 e. The molecule has 0 amide bonds. The van der Waals surface area contributed by atoms with Crippen molar-refractivity contribution in [2.45, 2.75) is 32.1 Å². The number of halogens is 1. The number of hydrogen-bond acceptors (Lipinski definition) is 3. The molecule has 0 spiro atoms. The highest BCUT2D eigenvalue weighted by molar-refractivity contribution is 14.1. The summed E-state index contributed by atoms with van der Waals surface area (Å²) in [5.41, 5.74) is 5.68. The number of ether oxygens (including phenoxy) is 2. The number of hydrogen-bond donors (Lipinski definition) is 1. The Labute approximate surface area is 87.1 Å². The number of nitrogens with two attached hydrogens (primary N) is 1. The van der Waals surface area contributed by atoms with Gasteiger partial charge in [0, 0.05) is 0 Å². The second-order valence-electron chi connectivity index (χ2n) is 3.28. The fourth-order valence-corrected chi connectivity index (χ4v) is 1.28. The minimum Gasteiger partial charge on any atom is -0.351 e. The van der Waals surface area contributed by atoms with Crippen LogP contribution in [0, 0.1) is 5.92 Å². The molecule has 3 nitrogen and oxygen atoms in total. The summed E-state index contributed by atoms with van der Waals surface area (Å²) in [6, 6.07) is -0.0430. The van der Waals surface area contributed by atoms with Crippen LogP contribution in [0.15, 0.2) is 0 Å². The van der Waals surface area contributed by atoms with Crippen LogP contribution in [0.25, 0.3) is 0 Å². The third-order valence-corrected chi connectivity index (χ3v) is 2.21. The summed E-state index contributed by atoms with van der Waals surface area (Å²) >= 11 is 2.15. The lowest BCUT2D eigenvalue weighted by Gasteiger charge is -2.20. The van der Waals surface area contributed by atoms with Gasteiger partial charge in [0.25, 0.3) is 0 Å². The Kier molecular flexibility index (Phi) is 4.78. The van der Waals surface area contributed by atoms with E-state index in [0.717, 1.165) is 12.5 Å². The van der Waals surface area contributed by atoms with Gasteiger partial charge in [0.1, 0.15) is 4.61 Å². The predicted octanol–water partition coefficient (Wildman–Crippen LogP) is 1.50. The molecule has 0 aromatic heterocycles. The van der Waals surface area contributed by atoms with Gasteiger partial charge in [0.2, 0.25) is 0 Å². The Balaban J connectivity index is 2.11. The number of rotatable bonds is 6. The van der Waals surface area contributed by atoms with Gasteiger partial charge in [-0.05, 0) is 25.7 Å². The Hall–Kier alpha value is 0.610. The zero-order valence-corrected chi connectivity index (χ0v) is 9.49. The molecule has 2 N–H and O–H groups in total. The first kappa shape index (κ1) is 10.7. The summed E-state index contributed by atoms with van der Waals surface area (Å²) in [5.74, 6) is 0.768. The van der Waals surface area contributed by atoms with E-state index in [9.17, 15) is 0 Å². The summed E-state index contributed by atoms with van der Waals surface area (Å²) in [6.45, 7) is 2.71. The van der Waals surface area contributed by atoms with E-state index in [-0.39, 0.29) is 12.3 Å². The first-order chi connectivity index (χ1) is 5.74. The van der Waals surface area contributed by atoms with Crippen LogP contribution in [0.4, 0.5) is 0 Å². The van der Waals surface area contributed by atoms with Crippen molar-refractivity contribution in [1.29, 1.82) is 0 Å². The zero-order chi connectivity index (χ0) is 8.97. The molecule has 1 saturated carbocycles. The third-order valence-electron chi connectivity index (χ3n) is 1.85. The van der Waals surface area contributed by atoms with Crippen molar-refractivity contribution in [2.24, 2.45) is 11.7 Å². The van der Waals surface area contributed by atoms with Gasteiger partial charge in [-0.15, -0.1) is 0 Å². The Morgan fingerprint density at radius 1 is 1.50 bits per heavy atom. The molecule has 12 heavy (non-hydrogen) atoms. The summed E-state index contributed by atoms with van der Waals surface area (Å²) in [5, 5.41) is 0. The van der Waals surface area contributed by atoms with E-state index in [0.29, 0.717) is 4.61 Å². The van der Waals surface area contributed by atoms with Crippen LogP contribution in [0.2, 0.25) is 0 Å². The van der Waals surface area contributed by atoms with Crippen LogP contribution in [0.3, 0.4) is 0 Å². The fraction of sp³-hybridized carbons (Fsp3) is 1.00. The van der Waals surface area contributed by atoms with Crippen molar-refractivity contribution in [3.05, 3.63) is 0 Å². The first-order valence-electron chi connectivity index (χ1n) is 4.28. The largest absolute Gasteiger partial charge is 0.351 e. The van der Waals surface area contributed by atoms with Crippen LogP contribution in [-0.2, 0) is 9.47 Å². The predicted molar refractivity (Wildman–Crippen MR) is 56.1 cm³/mol. The van der Waals surface area contributed by atoms with Gasteiger partial charge < -0.3 is 15.2 Å². The summed E-state index contributed by atoms with van der Waals surface area (Å²) in [4.78, 5) is 0. The maximum atomic E-state index is 5.68. The lowest BCUT2D eigenvalue weighted by molar-refractivity contribution is -0.138. The molecule has 72 valence electrons. The standard InChI is InChI=1S/C8H16INO2/c1-6(10)8(12-5-9)11-4-7-2-3-7/h6-8H,2-5,10H2,1H3. The molecular weight excluding hydrogens is 269 g/mol. The third kappa shape index (κ3) is 4.02. The monoisotopic (exact) mass is 285 g/mol. The van der Waals surface area contributed by atoms with Crippen LogP contribution in [0.1, 0.15) is 19.8 Å². The molecule has 0 saturated heterocycles. The summed E-state index contributed by atoms with van der Waals surface area (Å²) in [7, 11) is 0. The molecule has 1 aliphatic rings. The molecule has 0 heterocycles. The molecule has 2 atom stereocenters. The molecule has 0 aromatic rings. The van der Waals surface area contributed by atoms with Crippen LogP contribution in [0.5, 0.6) is 0 Å². The van der Waals surface area contributed by atoms with Gasteiger partial charge in [0.15, 0.2) is 6.29 Å². The van der Waals surface area contributed by atoms with Gasteiger partial charge in [-0.3, -0.25) is 0 Å². The van der Waals surface area contributed by atoms with Crippen LogP contribution >= 0.6 is 22.6 Å². The Bertz CT molecular complexity index is 128. The van der Waals surface area contributed by atoms with E-state index in [4.69, 9.17) is 15.2 Å². The number of alkyl halides is 1. The highest BCUT2D eigenvalue weighted by Gasteiger charge is 2.24. The summed E-state index contributed by atoms with van der Waals surface area (Å²) < 4.78 is 11.5. The second-order valence-corrected chi connectivity index (χ2v) is 3.90. The maximum absolute atomic E-state index is 5.68. The normalized spacial score (nSPS) is 22.2. The van der Waals surface area contributed by atoms with Crippen molar-refractivity contribution >= 4 is 22.6 Å². The highest BCUT2D eigenvalue weighted by Crippen LogP contribution is 2.29. The molecule has 1 aliphatic carbocycles. The SMILES string of the molecule is CC(N)C(OCI)OCC1CC1. The van der Waals surface area contributed by atoms with Crippen molar-refractivity contribution in [1.82, 2.24) is 0 Å². The van der Waals surface area contributed by atoms with Crippen LogP contribution in [-0.4, -0.2) is 23.6 Å². The van der Waals surface area contributed by atoms with E-state index in [1.54, 1.807) is 0 Å². The van der Waals surface area contributed by atoms with Gasteiger partial charge in [-0.2, -0.15) is 0 Å². The van der Waals surface area contributed by atoms with Gasteiger partial charge in [-0.1, -0.05) is 22.6 Å². The van der Waals surface area contributed by atoms with E-state index in [2.05, 4.69) is 22.6 Å². The average molecular weight is 285 g/mol. The van der Waals surface area contributed by atoms with Gasteiger partial charge in [-0.25, -0.2) is 0 Å². The van der Waals surface area contributed by atoms with Gasteiger partial charge in [0.05, 0.1) is 12.6 Å². The Morgan fingerprint density at radius 3 is 2.58 bits per heavy atom. The molecule has 0 aliphatic heterocycles. The lowest BCUT2D eigenvalue weighted by atomic mass is 10.3. The Morgan fingerprint density at radius 2 is 2.17 bits per heavy atom. The molecule has 1 rings (SSSR count). The molecule has 4 heteroatoms. The zero-order valence-electron chi connectivity index (χ0n) is 7.33. The molecule has 2 unspecified atom stereocenters.